The van der Waals surface area contributed by atoms with Crippen LogP contribution in [0.25, 0.3) is 10.1 Å². The Balaban J connectivity index is 1.98. The molecule has 3 nitrogen and oxygen atoms in total. The number of allylic oxidation sites excluding steroid dienone is 1. The first-order chi connectivity index (χ1) is 10.1. The van der Waals surface area contributed by atoms with E-state index < -0.39 is 6.04 Å². The molecule has 0 unspecified atom stereocenters. The van der Waals surface area contributed by atoms with Gasteiger partial charge in [-0.15, -0.1) is 17.9 Å². The maximum atomic E-state index is 12.3. The molecule has 0 spiro atoms. The summed E-state index contributed by atoms with van der Waals surface area (Å²) in [6.45, 7) is 4.41. The lowest BCUT2D eigenvalue weighted by molar-refractivity contribution is -0.131. The minimum Gasteiger partial charge on any atom is -0.344 e. The monoisotopic (exact) mass is 302 g/mol. The summed E-state index contributed by atoms with van der Waals surface area (Å²) >= 11 is 1.70. The topological polar surface area (TPSA) is 46.3 Å². The van der Waals surface area contributed by atoms with E-state index >= 15 is 0 Å². The van der Waals surface area contributed by atoms with Crippen molar-refractivity contribution in [1.29, 1.82) is 0 Å². The SMILES string of the molecule is C=CCCCN(C)C(=O)[C@@H](N)Cc1csc2ccccc12. The highest BCUT2D eigenvalue weighted by Crippen LogP contribution is 2.26. The zero-order valence-electron chi connectivity index (χ0n) is 12.4. The van der Waals surface area contributed by atoms with Crippen LogP contribution in [0, 0.1) is 0 Å². The van der Waals surface area contributed by atoms with Gasteiger partial charge in [0.15, 0.2) is 0 Å². The van der Waals surface area contributed by atoms with Crippen molar-refractivity contribution in [3.8, 4) is 0 Å². The lowest BCUT2D eigenvalue weighted by Crippen LogP contribution is -2.43. The molecule has 0 radical (unpaired) electrons. The number of fused-ring (bicyclic) bond motifs is 1. The van der Waals surface area contributed by atoms with Gasteiger partial charge in [-0.1, -0.05) is 24.3 Å². The molecule has 0 aliphatic carbocycles. The largest absolute Gasteiger partial charge is 0.344 e. The molecule has 2 rings (SSSR count). The van der Waals surface area contributed by atoms with E-state index in [1.807, 2.05) is 25.3 Å². The van der Waals surface area contributed by atoms with E-state index in [1.165, 1.54) is 10.1 Å². The molecule has 21 heavy (non-hydrogen) atoms. The number of nitrogens with two attached hydrogens (primary N) is 1. The number of carbonyl (C=O) groups is 1. The standard InChI is InChI=1S/C17H22N2OS/c1-3-4-7-10-19(2)17(20)15(18)11-13-12-21-16-9-6-5-8-14(13)16/h3,5-6,8-9,12,15H,1,4,7,10-11,18H2,2H3/t15-/m0/s1. The zero-order valence-corrected chi connectivity index (χ0v) is 13.2. The normalized spacial score (nSPS) is 12.3. The summed E-state index contributed by atoms with van der Waals surface area (Å²) in [4.78, 5) is 14.0. The maximum absolute atomic E-state index is 12.3. The van der Waals surface area contributed by atoms with Crippen molar-refractivity contribution in [2.24, 2.45) is 5.73 Å². The van der Waals surface area contributed by atoms with Crippen molar-refractivity contribution in [3.63, 3.8) is 0 Å². The molecule has 0 fully saturated rings. The van der Waals surface area contributed by atoms with Crippen LogP contribution in [-0.2, 0) is 11.2 Å². The number of benzene rings is 1. The Kier molecular flexibility index (Phi) is 5.53. The van der Waals surface area contributed by atoms with Crippen molar-refractivity contribution >= 4 is 27.3 Å². The first kappa shape index (κ1) is 15.7. The Morgan fingerprint density at radius 2 is 2.24 bits per heavy atom. The van der Waals surface area contributed by atoms with Crippen LogP contribution in [0.15, 0.2) is 42.3 Å². The Morgan fingerprint density at radius 3 is 3.00 bits per heavy atom. The fourth-order valence-corrected chi connectivity index (χ4v) is 3.36. The molecule has 0 aliphatic heterocycles. The molecule has 0 aliphatic rings. The number of carbonyl (C=O) groups excluding carboxylic acids is 1. The van der Waals surface area contributed by atoms with E-state index in [-0.39, 0.29) is 5.91 Å². The molecule has 2 N–H and O–H groups in total. The number of unbranched alkanes of at least 4 members (excludes halogenated alkanes) is 1. The van der Waals surface area contributed by atoms with E-state index in [9.17, 15) is 4.79 Å². The number of thiophene rings is 1. The van der Waals surface area contributed by atoms with Crippen LogP contribution in [0.2, 0.25) is 0 Å². The van der Waals surface area contributed by atoms with Crippen LogP contribution in [-0.4, -0.2) is 30.4 Å². The Bertz CT molecular complexity index is 620. The second kappa shape index (κ2) is 7.38. The number of likely N-dealkylation sites (N-methyl/N-ethyl adjacent to an activating group) is 1. The van der Waals surface area contributed by atoms with Crippen LogP contribution >= 0.6 is 11.3 Å². The minimum absolute atomic E-state index is 0.00865. The number of amides is 1. The molecule has 2 aromatic rings. The second-order valence-corrected chi connectivity index (χ2v) is 6.17. The third-order valence-electron chi connectivity index (χ3n) is 3.60. The smallest absolute Gasteiger partial charge is 0.239 e. The number of nitrogens with zero attached hydrogens (tertiary/aromatic N) is 1. The van der Waals surface area contributed by atoms with Gasteiger partial charge in [-0.3, -0.25) is 4.79 Å². The molecule has 1 aromatic heterocycles. The lowest BCUT2D eigenvalue weighted by Gasteiger charge is -2.21. The summed E-state index contributed by atoms with van der Waals surface area (Å²) in [5.74, 6) is 0.00865. The molecule has 0 saturated carbocycles. The van der Waals surface area contributed by atoms with Gasteiger partial charge in [0, 0.05) is 18.3 Å². The minimum atomic E-state index is -0.475. The summed E-state index contributed by atoms with van der Waals surface area (Å²) in [6.07, 6.45) is 4.31. The molecule has 1 amide bonds. The maximum Gasteiger partial charge on any atom is 0.239 e. The molecule has 112 valence electrons. The Morgan fingerprint density at radius 1 is 1.48 bits per heavy atom. The van der Waals surface area contributed by atoms with Crippen LogP contribution in [0.1, 0.15) is 18.4 Å². The van der Waals surface area contributed by atoms with E-state index in [1.54, 1.807) is 16.2 Å². The Hall–Kier alpha value is -1.65. The van der Waals surface area contributed by atoms with Crippen LogP contribution in [0.5, 0.6) is 0 Å². The molecule has 4 heteroatoms. The van der Waals surface area contributed by atoms with Crippen LogP contribution in [0.4, 0.5) is 0 Å². The average Bonchev–Trinajstić information content (AvgIpc) is 2.90. The van der Waals surface area contributed by atoms with Crippen LogP contribution < -0.4 is 5.73 Å². The van der Waals surface area contributed by atoms with Crippen LogP contribution in [0.3, 0.4) is 0 Å². The summed E-state index contributed by atoms with van der Waals surface area (Å²) in [7, 11) is 1.82. The first-order valence-electron chi connectivity index (χ1n) is 7.20. The van der Waals surface area contributed by atoms with Gasteiger partial charge >= 0.3 is 0 Å². The van der Waals surface area contributed by atoms with E-state index in [0.29, 0.717) is 6.42 Å². The van der Waals surface area contributed by atoms with Crippen molar-refractivity contribution < 1.29 is 4.79 Å². The van der Waals surface area contributed by atoms with Gasteiger partial charge in [-0.2, -0.15) is 0 Å². The van der Waals surface area contributed by atoms with E-state index in [2.05, 4.69) is 24.1 Å². The summed E-state index contributed by atoms with van der Waals surface area (Å²) in [6, 6.07) is 7.76. The number of rotatable bonds is 7. The highest BCUT2D eigenvalue weighted by Gasteiger charge is 2.19. The van der Waals surface area contributed by atoms with Crippen molar-refractivity contribution in [2.75, 3.05) is 13.6 Å². The first-order valence-corrected chi connectivity index (χ1v) is 8.08. The average molecular weight is 302 g/mol. The van der Waals surface area contributed by atoms with Gasteiger partial charge < -0.3 is 10.6 Å². The van der Waals surface area contributed by atoms with Gasteiger partial charge in [-0.05, 0) is 41.7 Å². The Labute approximate surface area is 130 Å². The fourth-order valence-electron chi connectivity index (χ4n) is 2.38. The molecule has 1 atom stereocenters. The van der Waals surface area contributed by atoms with Gasteiger partial charge in [0.1, 0.15) is 0 Å². The molecular weight excluding hydrogens is 280 g/mol. The highest BCUT2D eigenvalue weighted by atomic mass is 32.1. The molecule has 0 saturated heterocycles. The van der Waals surface area contributed by atoms with Crippen molar-refractivity contribution in [2.45, 2.75) is 25.3 Å². The third kappa shape index (κ3) is 3.93. The molecular formula is C17H22N2OS. The molecule has 0 bridgehead atoms. The number of hydrogen-bond donors (Lipinski definition) is 1. The number of hydrogen-bond acceptors (Lipinski definition) is 3. The summed E-state index contributed by atoms with van der Waals surface area (Å²) in [5.41, 5.74) is 7.26. The fraction of sp³-hybridized carbons (Fsp3) is 0.353. The van der Waals surface area contributed by atoms with Gasteiger partial charge in [0.25, 0.3) is 0 Å². The van der Waals surface area contributed by atoms with Crippen molar-refractivity contribution in [3.05, 3.63) is 47.9 Å². The van der Waals surface area contributed by atoms with E-state index in [4.69, 9.17) is 5.73 Å². The van der Waals surface area contributed by atoms with Gasteiger partial charge in [-0.25, -0.2) is 0 Å². The van der Waals surface area contributed by atoms with E-state index in [0.717, 1.165) is 24.9 Å². The third-order valence-corrected chi connectivity index (χ3v) is 4.61. The quantitative estimate of drug-likeness (QED) is 0.630. The highest BCUT2D eigenvalue weighted by molar-refractivity contribution is 7.17. The lowest BCUT2D eigenvalue weighted by atomic mass is 10.0. The molecule has 1 heterocycles. The van der Waals surface area contributed by atoms with Crippen molar-refractivity contribution in [1.82, 2.24) is 4.90 Å². The zero-order chi connectivity index (χ0) is 15.2. The second-order valence-electron chi connectivity index (χ2n) is 5.26. The predicted octanol–water partition coefficient (Wildman–Crippen LogP) is 3.20. The van der Waals surface area contributed by atoms with Gasteiger partial charge in [0.2, 0.25) is 5.91 Å². The predicted molar refractivity (Wildman–Crippen MR) is 90.6 cm³/mol. The van der Waals surface area contributed by atoms with Gasteiger partial charge in [0.05, 0.1) is 6.04 Å². The summed E-state index contributed by atoms with van der Waals surface area (Å²) in [5, 5.41) is 3.32. The summed E-state index contributed by atoms with van der Waals surface area (Å²) < 4.78 is 1.24. The molecule has 1 aromatic carbocycles.